The molecule has 21 heavy (non-hydrogen) atoms. The molecule has 0 spiro atoms. The first-order valence-corrected chi connectivity index (χ1v) is 8.02. The van der Waals surface area contributed by atoms with Crippen molar-refractivity contribution in [3.63, 3.8) is 0 Å². The SMILES string of the molecule is CCOC1(c2noc(C3CC(O)CN3)n2)CCCC(C)C1. The molecule has 1 aliphatic carbocycles. The molecule has 0 radical (unpaired) electrons. The minimum absolute atomic E-state index is 0.0408. The number of aliphatic hydroxyl groups excluding tert-OH is 1. The molecular formula is C15H25N3O3. The molecule has 0 bridgehead atoms. The van der Waals surface area contributed by atoms with Crippen LogP contribution in [0.3, 0.4) is 0 Å². The third kappa shape index (κ3) is 2.98. The molecule has 2 heterocycles. The number of hydrogen-bond donors (Lipinski definition) is 2. The van der Waals surface area contributed by atoms with E-state index in [1.54, 1.807) is 0 Å². The molecule has 1 aromatic heterocycles. The van der Waals surface area contributed by atoms with Gasteiger partial charge in [-0.25, -0.2) is 0 Å². The molecule has 6 heteroatoms. The van der Waals surface area contributed by atoms with Crippen LogP contribution in [-0.4, -0.2) is 34.5 Å². The van der Waals surface area contributed by atoms with Crippen LogP contribution < -0.4 is 5.32 Å². The maximum atomic E-state index is 9.61. The molecule has 4 unspecified atom stereocenters. The number of hydrogen-bond acceptors (Lipinski definition) is 6. The van der Waals surface area contributed by atoms with Crippen molar-refractivity contribution in [3.05, 3.63) is 11.7 Å². The molecule has 0 aromatic carbocycles. The summed E-state index contributed by atoms with van der Waals surface area (Å²) in [6.07, 6.45) is 4.55. The highest BCUT2D eigenvalue weighted by molar-refractivity contribution is 5.07. The van der Waals surface area contributed by atoms with Gasteiger partial charge in [-0.15, -0.1) is 0 Å². The van der Waals surface area contributed by atoms with Gasteiger partial charge < -0.3 is 19.7 Å². The zero-order valence-electron chi connectivity index (χ0n) is 12.8. The standard InChI is InChI=1S/C15H25N3O3/c1-3-20-15(6-4-5-10(2)8-15)14-17-13(21-18-14)12-7-11(19)9-16-12/h10-12,16,19H,3-9H2,1-2H3. The Bertz CT molecular complexity index is 474. The van der Waals surface area contributed by atoms with Crippen molar-refractivity contribution in [2.24, 2.45) is 5.92 Å². The van der Waals surface area contributed by atoms with E-state index in [1.165, 1.54) is 6.42 Å². The Morgan fingerprint density at radius 3 is 3.05 bits per heavy atom. The molecule has 1 aliphatic heterocycles. The summed E-state index contributed by atoms with van der Waals surface area (Å²) in [7, 11) is 0. The molecule has 1 saturated heterocycles. The lowest BCUT2D eigenvalue weighted by molar-refractivity contribution is -0.0891. The van der Waals surface area contributed by atoms with Crippen LogP contribution in [0.1, 0.15) is 63.7 Å². The van der Waals surface area contributed by atoms with Crippen molar-refractivity contribution in [2.75, 3.05) is 13.2 Å². The second-order valence-corrected chi connectivity index (χ2v) is 6.44. The van der Waals surface area contributed by atoms with Crippen molar-refractivity contribution in [3.8, 4) is 0 Å². The van der Waals surface area contributed by atoms with E-state index in [-0.39, 0.29) is 12.1 Å². The van der Waals surface area contributed by atoms with Gasteiger partial charge in [0.15, 0.2) is 0 Å². The number of ether oxygens (including phenoxy) is 1. The van der Waals surface area contributed by atoms with Crippen molar-refractivity contribution >= 4 is 0 Å². The van der Waals surface area contributed by atoms with Gasteiger partial charge >= 0.3 is 0 Å². The summed E-state index contributed by atoms with van der Waals surface area (Å²) < 4.78 is 11.5. The molecule has 2 N–H and O–H groups in total. The fraction of sp³-hybridized carbons (Fsp3) is 0.867. The zero-order chi connectivity index (χ0) is 14.9. The van der Waals surface area contributed by atoms with E-state index in [2.05, 4.69) is 22.4 Å². The van der Waals surface area contributed by atoms with Gasteiger partial charge in [0.2, 0.25) is 11.7 Å². The van der Waals surface area contributed by atoms with Crippen LogP contribution in [0.2, 0.25) is 0 Å². The largest absolute Gasteiger partial charge is 0.392 e. The van der Waals surface area contributed by atoms with Gasteiger partial charge in [0.25, 0.3) is 0 Å². The summed E-state index contributed by atoms with van der Waals surface area (Å²) >= 11 is 0. The minimum atomic E-state index is -0.397. The molecule has 1 saturated carbocycles. The first-order valence-electron chi connectivity index (χ1n) is 8.02. The average molecular weight is 295 g/mol. The van der Waals surface area contributed by atoms with E-state index in [0.717, 1.165) is 19.3 Å². The van der Waals surface area contributed by atoms with Crippen LogP contribution >= 0.6 is 0 Å². The summed E-state index contributed by atoms with van der Waals surface area (Å²) in [5, 5.41) is 17.0. The van der Waals surface area contributed by atoms with Crippen molar-refractivity contribution < 1.29 is 14.4 Å². The smallest absolute Gasteiger partial charge is 0.243 e. The Hall–Kier alpha value is -0.980. The summed E-state index contributed by atoms with van der Waals surface area (Å²) in [5.74, 6) is 1.85. The third-order valence-electron chi connectivity index (χ3n) is 4.63. The van der Waals surface area contributed by atoms with E-state index in [0.29, 0.717) is 37.2 Å². The van der Waals surface area contributed by atoms with Gasteiger partial charge in [-0.3, -0.25) is 0 Å². The van der Waals surface area contributed by atoms with Crippen LogP contribution in [0, 0.1) is 5.92 Å². The number of β-amino-alcohol motifs (C(OH)–C–C–N with tert-alkyl or cyclic N) is 1. The van der Waals surface area contributed by atoms with Crippen molar-refractivity contribution in [2.45, 2.75) is 63.7 Å². The molecule has 0 amide bonds. The minimum Gasteiger partial charge on any atom is -0.392 e. The number of rotatable bonds is 4. The average Bonchev–Trinajstić information content (AvgIpc) is 3.07. The lowest BCUT2D eigenvalue weighted by Gasteiger charge is -2.37. The molecule has 3 rings (SSSR count). The molecule has 1 aromatic rings. The Morgan fingerprint density at radius 1 is 1.52 bits per heavy atom. The maximum Gasteiger partial charge on any atom is 0.243 e. The van der Waals surface area contributed by atoms with Crippen molar-refractivity contribution in [1.82, 2.24) is 15.5 Å². The van der Waals surface area contributed by atoms with Crippen LogP contribution in [0.25, 0.3) is 0 Å². The number of nitrogens with zero attached hydrogens (tertiary/aromatic N) is 2. The Kier molecular flexibility index (Phi) is 4.28. The van der Waals surface area contributed by atoms with E-state index in [9.17, 15) is 5.11 Å². The van der Waals surface area contributed by atoms with Crippen LogP contribution in [0.4, 0.5) is 0 Å². The van der Waals surface area contributed by atoms with E-state index >= 15 is 0 Å². The molecule has 2 aliphatic rings. The highest BCUT2D eigenvalue weighted by Gasteiger charge is 2.42. The van der Waals surface area contributed by atoms with E-state index in [1.807, 2.05) is 6.92 Å². The Labute approximate surface area is 125 Å². The van der Waals surface area contributed by atoms with Crippen LogP contribution in [0.15, 0.2) is 4.52 Å². The van der Waals surface area contributed by atoms with E-state index in [4.69, 9.17) is 9.26 Å². The Morgan fingerprint density at radius 2 is 2.38 bits per heavy atom. The fourth-order valence-electron chi connectivity index (χ4n) is 3.65. The monoisotopic (exact) mass is 295 g/mol. The highest BCUT2D eigenvalue weighted by atomic mass is 16.5. The summed E-state index contributed by atoms with van der Waals surface area (Å²) in [5.41, 5.74) is -0.397. The summed E-state index contributed by atoms with van der Waals surface area (Å²) in [6, 6.07) is -0.0408. The second kappa shape index (κ2) is 6.02. The molecule has 6 nitrogen and oxygen atoms in total. The number of nitrogens with one attached hydrogen (secondary N) is 1. The quantitative estimate of drug-likeness (QED) is 0.883. The number of aliphatic hydroxyl groups is 1. The first kappa shape index (κ1) is 14.9. The lowest BCUT2D eigenvalue weighted by atomic mass is 9.78. The maximum absolute atomic E-state index is 9.61. The zero-order valence-corrected chi connectivity index (χ0v) is 12.8. The Balaban J connectivity index is 1.81. The van der Waals surface area contributed by atoms with Gasteiger partial charge in [0.1, 0.15) is 5.60 Å². The second-order valence-electron chi connectivity index (χ2n) is 6.44. The predicted octanol–water partition coefficient (Wildman–Crippen LogP) is 1.91. The predicted molar refractivity (Wildman–Crippen MR) is 76.6 cm³/mol. The normalized spacial score (nSPS) is 37.0. The van der Waals surface area contributed by atoms with Crippen molar-refractivity contribution in [1.29, 1.82) is 0 Å². The highest BCUT2D eigenvalue weighted by Crippen LogP contribution is 2.42. The topological polar surface area (TPSA) is 80.4 Å². The fourth-order valence-corrected chi connectivity index (χ4v) is 3.65. The summed E-state index contributed by atoms with van der Waals surface area (Å²) in [6.45, 7) is 5.49. The van der Waals surface area contributed by atoms with Crippen LogP contribution in [-0.2, 0) is 10.3 Å². The van der Waals surface area contributed by atoms with E-state index < -0.39 is 5.60 Å². The van der Waals surface area contributed by atoms with Gasteiger partial charge in [-0.1, -0.05) is 18.5 Å². The lowest BCUT2D eigenvalue weighted by Crippen LogP contribution is -2.36. The van der Waals surface area contributed by atoms with Gasteiger partial charge in [-0.2, -0.15) is 4.98 Å². The van der Waals surface area contributed by atoms with Gasteiger partial charge in [-0.05, 0) is 38.5 Å². The molecule has 118 valence electrons. The van der Waals surface area contributed by atoms with Gasteiger partial charge in [0.05, 0.1) is 12.1 Å². The van der Waals surface area contributed by atoms with Crippen LogP contribution in [0.5, 0.6) is 0 Å². The third-order valence-corrected chi connectivity index (χ3v) is 4.63. The summed E-state index contributed by atoms with van der Waals surface area (Å²) in [4.78, 5) is 4.60. The van der Waals surface area contributed by atoms with Gasteiger partial charge in [0, 0.05) is 13.2 Å². The molecule has 4 atom stereocenters. The number of aromatic nitrogens is 2. The molecular weight excluding hydrogens is 270 g/mol. The molecule has 2 fully saturated rings. The first-order chi connectivity index (χ1) is 10.1.